The molecule has 2 rings (SSSR count). The number of nitrogens with two attached hydrogens (primary N) is 1. The highest BCUT2D eigenvalue weighted by molar-refractivity contribution is 7.90. The molecule has 0 saturated carbocycles. The predicted octanol–water partition coefficient (Wildman–Crippen LogP) is 1.57. The molecule has 2 aromatic carbocycles. The van der Waals surface area contributed by atoms with Gasteiger partial charge in [-0.2, -0.15) is 0 Å². The van der Waals surface area contributed by atoms with E-state index >= 15 is 0 Å². The van der Waals surface area contributed by atoms with Crippen LogP contribution in [0.4, 0.5) is 0 Å². The molecule has 0 radical (unpaired) electrons. The Balaban J connectivity index is 2.28. The lowest BCUT2D eigenvalue weighted by molar-refractivity contribution is 0.0742. The molecule has 0 aliphatic carbocycles. The van der Waals surface area contributed by atoms with Crippen molar-refractivity contribution >= 4 is 25.8 Å². The number of sulfone groups is 1. The number of hydrogen-bond acceptors (Lipinski definition) is 5. The molecule has 2 N–H and O–H groups in total. The molecule has 26 heavy (non-hydrogen) atoms. The number of primary sulfonamides is 1. The van der Waals surface area contributed by atoms with Crippen LogP contribution in [0.5, 0.6) is 0 Å². The molecule has 0 unspecified atom stereocenters. The number of amides is 1. The Morgan fingerprint density at radius 1 is 1.00 bits per heavy atom. The van der Waals surface area contributed by atoms with Crippen molar-refractivity contribution in [1.82, 2.24) is 4.90 Å². The number of benzene rings is 2. The third-order valence-corrected chi connectivity index (χ3v) is 6.14. The number of nitrogens with zero attached hydrogens (tertiary/aromatic N) is 1. The van der Waals surface area contributed by atoms with Gasteiger partial charge in [-0.1, -0.05) is 18.2 Å². The number of hydrogen-bond donors (Lipinski definition) is 1. The van der Waals surface area contributed by atoms with Crippen molar-refractivity contribution in [2.75, 3.05) is 13.3 Å². The van der Waals surface area contributed by atoms with Gasteiger partial charge < -0.3 is 4.90 Å². The van der Waals surface area contributed by atoms with E-state index in [1.165, 1.54) is 35.2 Å². The summed E-state index contributed by atoms with van der Waals surface area (Å²) in [7, 11) is -5.61. The SMILES string of the molecule is C[C@H](c1ccc(S(N)(=O)=O)cc1)N(C)C(=O)c1cccc(S(C)(=O)=O)c1. The molecule has 0 saturated heterocycles. The quantitative estimate of drug-likeness (QED) is 0.824. The van der Waals surface area contributed by atoms with Crippen LogP contribution in [0.15, 0.2) is 58.3 Å². The maximum atomic E-state index is 12.7. The van der Waals surface area contributed by atoms with Gasteiger partial charge in [0.25, 0.3) is 5.91 Å². The van der Waals surface area contributed by atoms with Crippen LogP contribution >= 0.6 is 0 Å². The van der Waals surface area contributed by atoms with E-state index in [2.05, 4.69) is 0 Å². The number of rotatable bonds is 5. The van der Waals surface area contributed by atoms with Crippen molar-refractivity contribution < 1.29 is 21.6 Å². The molecule has 7 nitrogen and oxygen atoms in total. The van der Waals surface area contributed by atoms with E-state index in [0.717, 1.165) is 6.26 Å². The first-order valence-electron chi connectivity index (χ1n) is 7.61. The Bertz CT molecular complexity index is 1030. The van der Waals surface area contributed by atoms with Gasteiger partial charge in [-0.3, -0.25) is 4.79 Å². The molecule has 0 fully saturated rings. The average molecular weight is 396 g/mol. The van der Waals surface area contributed by atoms with Gasteiger partial charge >= 0.3 is 0 Å². The maximum absolute atomic E-state index is 12.7. The summed E-state index contributed by atoms with van der Waals surface area (Å²) in [4.78, 5) is 14.2. The van der Waals surface area contributed by atoms with E-state index in [-0.39, 0.29) is 27.3 Å². The van der Waals surface area contributed by atoms with E-state index in [1.807, 2.05) is 0 Å². The molecule has 0 aromatic heterocycles. The monoisotopic (exact) mass is 396 g/mol. The minimum Gasteiger partial charge on any atom is -0.335 e. The first kappa shape index (κ1) is 20.1. The zero-order valence-corrected chi connectivity index (χ0v) is 16.2. The highest BCUT2D eigenvalue weighted by Gasteiger charge is 2.21. The summed E-state index contributed by atoms with van der Waals surface area (Å²) in [6, 6.07) is 11.4. The van der Waals surface area contributed by atoms with Crippen LogP contribution in [-0.4, -0.2) is 40.9 Å². The third kappa shape index (κ3) is 4.48. The fourth-order valence-corrected chi connectivity index (χ4v) is 3.58. The first-order valence-corrected chi connectivity index (χ1v) is 11.0. The lowest BCUT2D eigenvalue weighted by Gasteiger charge is -2.25. The fraction of sp³-hybridized carbons (Fsp3) is 0.235. The first-order chi connectivity index (χ1) is 11.9. The number of sulfonamides is 1. The number of carbonyl (C=O) groups is 1. The number of carbonyl (C=O) groups excluding carboxylic acids is 1. The minimum atomic E-state index is -3.78. The molecule has 0 heterocycles. The third-order valence-electron chi connectivity index (χ3n) is 4.10. The van der Waals surface area contributed by atoms with Crippen molar-refractivity contribution in [3.63, 3.8) is 0 Å². The van der Waals surface area contributed by atoms with Crippen LogP contribution in [0.3, 0.4) is 0 Å². The standard InChI is InChI=1S/C17H20N2O5S2/c1-12(13-7-9-15(10-8-13)26(18,23)24)19(2)17(20)14-5-4-6-16(11-14)25(3,21)22/h4-12H,1-3H3,(H2,18,23,24)/t12-/m1/s1. The van der Waals surface area contributed by atoms with Gasteiger partial charge in [-0.15, -0.1) is 0 Å². The van der Waals surface area contributed by atoms with Crippen LogP contribution in [0, 0.1) is 0 Å². The minimum absolute atomic E-state index is 0.0108. The van der Waals surface area contributed by atoms with Crippen LogP contribution in [0.2, 0.25) is 0 Å². The second kappa shape index (κ2) is 7.18. The normalized spacial score (nSPS) is 13.2. The van der Waals surface area contributed by atoms with Gasteiger partial charge in [0.05, 0.1) is 15.8 Å². The molecule has 2 aromatic rings. The van der Waals surface area contributed by atoms with E-state index in [1.54, 1.807) is 32.2 Å². The van der Waals surface area contributed by atoms with E-state index in [4.69, 9.17) is 5.14 Å². The van der Waals surface area contributed by atoms with Crippen LogP contribution in [-0.2, 0) is 19.9 Å². The van der Waals surface area contributed by atoms with Crippen LogP contribution in [0.25, 0.3) is 0 Å². The van der Waals surface area contributed by atoms with Gasteiger partial charge in [0.15, 0.2) is 9.84 Å². The Morgan fingerprint density at radius 3 is 2.08 bits per heavy atom. The average Bonchev–Trinajstić information content (AvgIpc) is 2.58. The molecular formula is C17H20N2O5S2. The highest BCUT2D eigenvalue weighted by atomic mass is 32.2. The van der Waals surface area contributed by atoms with Gasteiger partial charge in [-0.25, -0.2) is 22.0 Å². The second-order valence-corrected chi connectivity index (χ2v) is 9.58. The largest absolute Gasteiger partial charge is 0.335 e. The smallest absolute Gasteiger partial charge is 0.254 e. The van der Waals surface area contributed by atoms with Crippen LogP contribution in [0.1, 0.15) is 28.9 Å². The summed E-state index contributed by atoms with van der Waals surface area (Å²) >= 11 is 0. The van der Waals surface area contributed by atoms with Crippen molar-refractivity contribution in [1.29, 1.82) is 0 Å². The maximum Gasteiger partial charge on any atom is 0.254 e. The summed E-state index contributed by atoms with van der Waals surface area (Å²) in [5.74, 6) is -0.349. The lowest BCUT2D eigenvalue weighted by Crippen LogP contribution is -2.29. The molecule has 0 aliphatic rings. The van der Waals surface area contributed by atoms with Gasteiger partial charge in [0.2, 0.25) is 10.0 Å². The molecule has 0 bridgehead atoms. The molecule has 140 valence electrons. The Kier molecular flexibility index (Phi) is 5.55. The summed E-state index contributed by atoms with van der Waals surface area (Å²) in [5.41, 5.74) is 0.968. The summed E-state index contributed by atoms with van der Waals surface area (Å²) in [6.45, 7) is 1.78. The summed E-state index contributed by atoms with van der Waals surface area (Å²) in [5, 5.41) is 5.07. The second-order valence-electron chi connectivity index (χ2n) is 6.01. The molecule has 1 amide bonds. The highest BCUT2D eigenvalue weighted by Crippen LogP contribution is 2.23. The van der Waals surface area contributed by atoms with Crippen molar-refractivity contribution in [3.8, 4) is 0 Å². The Labute approximate surface area is 153 Å². The summed E-state index contributed by atoms with van der Waals surface area (Å²) < 4.78 is 46.0. The van der Waals surface area contributed by atoms with Crippen molar-refractivity contribution in [3.05, 3.63) is 59.7 Å². The van der Waals surface area contributed by atoms with E-state index < -0.39 is 19.9 Å². The molecule has 0 spiro atoms. The summed E-state index contributed by atoms with van der Waals surface area (Å²) in [6.07, 6.45) is 1.08. The zero-order valence-electron chi connectivity index (χ0n) is 14.6. The molecule has 0 aliphatic heterocycles. The van der Waals surface area contributed by atoms with Gasteiger partial charge in [0, 0.05) is 18.9 Å². The van der Waals surface area contributed by atoms with Crippen molar-refractivity contribution in [2.24, 2.45) is 5.14 Å². The van der Waals surface area contributed by atoms with Crippen LogP contribution < -0.4 is 5.14 Å². The van der Waals surface area contributed by atoms with Crippen molar-refractivity contribution in [2.45, 2.75) is 22.8 Å². The van der Waals surface area contributed by atoms with Gasteiger partial charge in [0.1, 0.15) is 0 Å². The van der Waals surface area contributed by atoms with Gasteiger partial charge in [-0.05, 0) is 42.8 Å². The zero-order chi connectivity index (χ0) is 19.7. The lowest BCUT2D eigenvalue weighted by atomic mass is 10.1. The Hall–Kier alpha value is -2.23. The van der Waals surface area contributed by atoms with E-state index in [0.29, 0.717) is 5.56 Å². The topological polar surface area (TPSA) is 115 Å². The fourth-order valence-electron chi connectivity index (χ4n) is 2.40. The molecule has 9 heteroatoms. The molecule has 1 atom stereocenters. The predicted molar refractivity (Wildman–Crippen MR) is 97.9 cm³/mol. The Morgan fingerprint density at radius 2 is 1.58 bits per heavy atom. The van der Waals surface area contributed by atoms with E-state index in [9.17, 15) is 21.6 Å². The molecular weight excluding hydrogens is 376 g/mol.